The van der Waals surface area contributed by atoms with Crippen molar-refractivity contribution >= 4 is 17.7 Å². The van der Waals surface area contributed by atoms with Crippen molar-refractivity contribution in [2.75, 3.05) is 18.8 Å². The van der Waals surface area contributed by atoms with E-state index in [1.54, 1.807) is 6.26 Å². The van der Waals surface area contributed by atoms with E-state index in [0.29, 0.717) is 10.9 Å². The lowest BCUT2D eigenvalue weighted by molar-refractivity contribution is -0.128. The molecule has 1 aromatic carbocycles. The van der Waals surface area contributed by atoms with Gasteiger partial charge in [-0.15, -0.1) is 10.2 Å². The van der Waals surface area contributed by atoms with Gasteiger partial charge in [-0.25, -0.2) is 0 Å². The normalized spacial score (nSPS) is 15.1. The third kappa shape index (κ3) is 4.56. The monoisotopic (exact) mass is 410 g/mol. The Morgan fingerprint density at radius 3 is 2.45 bits per heavy atom. The molecule has 0 spiro atoms. The number of aryl methyl sites for hydroxylation is 1. The highest BCUT2D eigenvalue weighted by atomic mass is 32.2. The number of amides is 1. The number of carbonyl (C=O) groups is 1. The highest BCUT2D eigenvalue weighted by Gasteiger charge is 2.21. The molecule has 0 atom stereocenters. The first-order valence-corrected chi connectivity index (χ1v) is 11.2. The summed E-state index contributed by atoms with van der Waals surface area (Å²) in [7, 11) is 0. The van der Waals surface area contributed by atoms with Crippen LogP contribution in [0.4, 0.5) is 0 Å². The second kappa shape index (κ2) is 9.31. The lowest BCUT2D eigenvalue weighted by atomic mass is 10.1. The fraction of sp³-hybridized carbons (Fsp3) is 0.409. The molecule has 1 fully saturated rings. The van der Waals surface area contributed by atoms with Crippen LogP contribution in [0, 0.1) is 6.92 Å². The topological polar surface area (TPSA) is 64.2 Å². The predicted octanol–water partition coefficient (Wildman–Crippen LogP) is 4.72. The van der Waals surface area contributed by atoms with E-state index in [1.807, 2.05) is 52.8 Å². The molecular weight excluding hydrogens is 384 g/mol. The molecule has 7 heteroatoms. The van der Waals surface area contributed by atoms with Crippen LogP contribution in [0.5, 0.6) is 0 Å². The molecule has 1 amide bonds. The largest absolute Gasteiger partial charge is 0.469 e. The third-order valence-electron chi connectivity index (χ3n) is 5.28. The summed E-state index contributed by atoms with van der Waals surface area (Å²) in [5.74, 6) is 2.07. The van der Waals surface area contributed by atoms with Crippen LogP contribution >= 0.6 is 11.8 Å². The lowest BCUT2D eigenvalue weighted by Crippen LogP contribution is -2.35. The molecule has 0 unspecified atom stereocenters. The molecule has 3 heterocycles. The molecule has 0 bridgehead atoms. The Hall–Kier alpha value is -2.54. The minimum atomic E-state index is 0.181. The number of thioether (sulfide) groups is 1. The van der Waals surface area contributed by atoms with Crippen LogP contribution in [0.25, 0.3) is 17.1 Å². The number of benzene rings is 1. The van der Waals surface area contributed by atoms with Crippen LogP contribution in [-0.4, -0.2) is 44.4 Å². The quantitative estimate of drug-likeness (QED) is 0.570. The number of aromatic nitrogens is 3. The summed E-state index contributed by atoms with van der Waals surface area (Å²) in [4.78, 5) is 14.8. The number of rotatable bonds is 5. The van der Waals surface area contributed by atoms with Gasteiger partial charge in [0.15, 0.2) is 11.0 Å². The smallest absolute Gasteiger partial charge is 0.233 e. The fourth-order valence-corrected chi connectivity index (χ4v) is 4.53. The third-order valence-corrected chi connectivity index (χ3v) is 6.19. The number of hydrogen-bond acceptors (Lipinski definition) is 5. The minimum Gasteiger partial charge on any atom is -0.469 e. The zero-order valence-electron chi connectivity index (χ0n) is 16.7. The molecule has 4 rings (SSSR count). The van der Waals surface area contributed by atoms with E-state index >= 15 is 0 Å². The first-order chi connectivity index (χ1) is 14.2. The molecule has 0 radical (unpaired) electrons. The molecule has 3 aromatic rings. The summed E-state index contributed by atoms with van der Waals surface area (Å²) < 4.78 is 7.47. The number of likely N-dealkylation sites (tertiary alicyclic amines) is 1. The molecule has 2 aromatic heterocycles. The van der Waals surface area contributed by atoms with Gasteiger partial charge in [-0.1, -0.05) is 49.2 Å². The number of nitrogens with zero attached hydrogens (tertiary/aromatic N) is 4. The summed E-state index contributed by atoms with van der Waals surface area (Å²) in [6, 6.07) is 11.9. The fourth-order valence-electron chi connectivity index (χ4n) is 3.68. The van der Waals surface area contributed by atoms with Crippen molar-refractivity contribution in [3.8, 4) is 17.1 Å². The van der Waals surface area contributed by atoms with E-state index in [1.165, 1.54) is 31.0 Å². The van der Waals surface area contributed by atoms with Crippen LogP contribution in [0.3, 0.4) is 0 Å². The van der Waals surface area contributed by atoms with Crippen molar-refractivity contribution in [3.05, 3.63) is 48.4 Å². The van der Waals surface area contributed by atoms with E-state index in [0.717, 1.165) is 48.8 Å². The molecule has 0 aliphatic carbocycles. The van der Waals surface area contributed by atoms with Gasteiger partial charge >= 0.3 is 0 Å². The molecule has 152 valence electrons. The van der Waals surface area contributed by atoms with Gasteiger partial charge < -0.3 is 9.32 Å². The van der Waals surface area contributed by atoms with Crippen molar-refractivity contribution in [2.45, 2.75) is 44.2 Å². The summed E-state index contributed by atoms with van der Waals surface area (Å²) in [6.07, 6.45) is 7.57. The van der Waals surface area contributed by atoms with Gasteiger partial charge in [0.25, 0.3) is 0 Å². The van der Waals surface area contributed by atoms with Crippen LogP contribution in [0.15, 0.2) is 52.2 Å². The number of hydrogen-bond donors (Lipinski definition) is 0. The van der Waals surface area contributed by atoms with Crippen molar-refractivity contribution in [1.82, 2.24) is 19.7 Å². The van der Waals surface area contributed by atoms with E-state index in [2.05, 4.69) is 10.2 Å². The van der Waals surface area contributed by atoms with Crippen molar-refractivity contribution in [1.29, 1.82) is 0 Å². The van der Waals surface area contributed by atoms with Crippen molar-refractivity contribution < 1.29 is 9.21 Å². The number of carbonyl (C=O) groups excluding carboxylic acids is 1. The Balaban J connectivity index is 1.56. The Labute approximate surface area is 175 Å². The summed E-state index contributed by atoms with van der Waals surface area (Å²) in [6.45, 7) is 3.64. The summed E-state index contributed by atoms with van der Waals surface area (Å²) >= 11 is 1.45. The second-order valence-electron chi connectivity index (χ2n) is 7.30. The zero-order valence-corrected chi connectivity index (χ0v) is 17.5. The van der Waals surface area contributed by atoms with Crippen molar-refractivity contribution in [3.63, 3.8) is 0 Å². The van der Waals surface area contributed by atoms with Crippen LogP contribution in [-0.2, 0) is 4.79 Å². The van der Waals surface area contributed by atoms with Gasteiger partial charge in [-0.3, -0.25) is 9.36 Å². The first-order valence-electron chi connectivity index (χ1n) is 10.2. The number of furan rings is 1. The van der Waals surface area contributed by atoms with Gasteiger partial charge in [0.05, 0.1) is 17.6 Å². The second-order valence-corrected chi connectivity index (χ2v) is 8.25. The lowest BCUT2D eigenvalue weighted by Gasteiger charge is -2.24. The maximum absolute atomic E-state index is 12.8. The predicted molar refractivity (Wildman–Crippen MR) is 114 cm³/mol. The van der Waals surface area contributed by atoms with E-state index in [9.17, 15) is 4.79 Å². The highest BCUT2D eigenvalue weighted by molar-refractivity contribution is 7.99. The molecular formula is C22H26N4O2S. The molecule has 1 aliphatic heterocycles. The van der Waals surface area contributed by atoms with Crippen LogP contribution in [0.2, 0.25) is 0 Å². The summed E-state index contributed by atoms with van der Waals surface area (Å²) in [5, 5.41) is 9.54. The molecule has 0 saturated carbocycles. The Bertz CT molecular complexity index is 943. The average Bonchev–Trinajstić information content (AvgIpc) is 3.32. The maximum atomic E-state index is 12.8. The SMILES string of the molecule is Cc1occc1-c1nnc(SCC(=O)N2CCCCCCC2)n1-c1ccccc1. The van der Waals surface area contributed by atoms with Gasteiger partial charge in [-0.05, 0) is 38.0 Å². The van der Waals surface area contributed by atoms with Crippen LogP contribution < -0.4 is 0 Å². The first kappa shape index (κ1) is 19.8. The maximum Gasteiger partial charge on any atom is 0.233 e. The van der Waals surface area contributed by atoms with E-state index in [-0.39, 0.29) is 5.91 Å². The van der Waals surface area contributed by atoms with Crippen LogP contribution in [0.1, 0.15) is 37.9 Å². The Kier molecular flexibility index (Phi) is 6.34. The van der Waals surface area contributed by atoms with Gasteiger partial charge in [0.2, 0.25) is 5.91 Å². The zero-order chi connectivity index (χ0) is 20.1. The van der Waals surface area contributed by atoms with Gasteiger partial charge in [-0.2, -0.15) is 0 Å². The summed E-state index contributed by atoms with van der Waals surface area (Å²) in [5.41, 5.74) is 1.87. The standard InChI is InChI=1S/C22H26N4O2S/c1-17-19(12-15-28-17)21-23-24-22(26(21)18-10-6-5-7-11-18)29-16-20(27)25-13-8-3-2-4-9-14-25/h5-7,10-12,15H,2-4,8-9,13-14,16H2,1H3. The average molecular weight is 411 g/mol. The molecule has 0 N–H and O–H groups in total. The molecule has 29 heavy (non-hydrogen) atoms. The molecule has 1 aliphatic rings. The highest BCUT2D eigenvalue weighted by Crippen LogP contribution is 2.30. The van der Waals surface area contributed by atoms with E-state index < -0.39 is 0 Å². The van der Waals surface area contributed by atoms with Crippen molar-refractivity contribution in [2.24, 2.45) is 0 Å². The Morgan fingerprint density at radius 2 is 1.76 bits per heavy atom. The van der Waals surface area contributed by atoms with Gasteiger partial charge in [0.1, 0.15) is 5.76 Å². The molecule has 6 nitrogen and oxygen atoms in total. The number of para-hydroxylation sites is 1. The molecule has 1 saturated heterocycles. The minimum absolute atomic E-state index is 0.181. The Morgan fingerprint density at radius 1 is 1.03 bits per heavy atom. The van der Waals surface area contributed by atoms with Gasteiger partial charge in [0, 0.05) is 18.8 Å². The van der Waals surface area contributed by atoms with E-state index in [4.69, 9.17) is 4.42 Å².